The predicted molar refractivity (Wildman–Crippen MR) is 57.9 cm³/mol. The number of methoxy groups -OCH3 is 1. The Morgan fingerprint density at radius 3 is 2.65 bits per heavy atom. The van der Waals surface area contributed by atoms with Crippen LogP contribution >= 0.6 is 0 Å². The van der Waals surface area contributed by atoms with Crippen molar-refractivity contribution in [2.45, 2.75) is 6.43 Å². The molecule has 0 amide bonds. The van der Waals surface area contributed by atoms with Crippen LogP contribution in [0.2, 0.25) is 0 Å². The third kappa shape index (κ3) is 2.20. The summed E-state index contributed by atoms with van der Waals surface area (Å²) in [7, 11) is 1.40. The molecule has 0 saturated heterocycles. The van der Waals surface area contributed by atoms with Crippen LogP contribution in [-0.4, -0.2) is 12.3 Å². The Bertz CT molecular complexity index is 526. The summed E-state index contributed by atoms with van der Waals surface area (Å²) in [5.41, 5.74) is 5.84. The first-order valence-electron chi connectivity index (χ1n) is 4.80. The van der Waals surface area contributed by atoms with E-state index in [9.17, 15) is 8.78 Å². The van der Waals surface area contributed by atoms with Crippen LogP contribution in [0.25, 0.3) is 11.3 Å². The Morgan fingerprint density at radius 1 is 1.35 bits per heavy atom. The Morgan fingerprint density at radius 2 is 2.12 bits per heavy atom. The van der Waals surface area contributed by atoms with Gasteiger partial charge in [-0.15, -0.1) is 0 Å². The van der Waals surface area contributed by atoms with E-state index in [1.54, 1.807) is 0 Å². The van der Waals surface area contributed by atoms with E-state index < -0.39 is 6.43 Å². The van der Waals surface area contributed by atoms with E-state index in [-0.39, 0.29) is 11.4 Å². The minimum Gasteiger partial charge on any atom is -0.496 e. The number of benzene rings is 1. The minimum atomic E-state index is -2.54. The first-order chi connectivity index (χ1) is 8.11. The number of halogens is 2. The second-order valence-electron chi connectivity index (χ2n) is 3.38. The van der Waals surface area contributed by atoms with Gasteiger partial charge < -0.3 is 15.0 Å². The molecule has 0 aliphatic rings. The molecule has 2 aromatic rings. The number of hydrogen-bond donors (Lipinski definition) is 1. The van der Waals surface area contributed by atoms with E-state index >= 15 is 0 Å². The summed E-state index contributed by atoms with van der Waals surface area (Å²) in [6.45, 7) is 0. The molecule has 4 nitrogen and oxygen atoms in total. The highest BCUT2D eigenvalue weighted by molar-refractivity contribution is 5.68. The van der Waals surface area contributed by atoms with Gasteiger partial charge in [0.15, 0.2) is 11.6 Å². The lowest BCUT2D eigenvalue weighted by Crippen LogP contribution is -1.91. The Hall–Kier alpha value is -2.11. The molecule has 0 radical (unpaired) electrons. The molecule has 1 heterocycles. The molecule has 0 aliphatic heterocycles. The molecule has 0 spiro atoms. The summed E-state index contributed by atoms with van der Waals surface area (Å²) in [4.78, 5) is 0. The van der Waals surface area contributed by atoms with Gasteiger partial charge in [0.25, 0.3) is 6.43 Å². The summed E-state index contributed by atoms with van der Waals surface area (Å²) < 4.78 is 35.0. The van der Waals surface area contributed by atoms with Gasteiger partial charge in [0.2, 0.25) is 0 Å². The third-order valence-electron chi connectivity index (χ3n) is 2.27. The quantitative estimate of drug-likeness (QED) is 0.896. The van der Waals surface area contributed by atoms with Crippen molar-refractivity contribution in [1.29, 1.82) is 0 Å². The first kappa shape index (κ1) is 11.4. The number of rotatable bonds is 3. The molecule has 0 bridgehead atoms. The van der Waals surface area contributed by atoms with Crippen LogP contribution in [0, 0.1) is 0 Å². The van der Waals surface area contributed by atoms with Crippen molar-refractivity contribution in [1.82, 2.24) is 5.16 Å². The number of nitrogens with two attached hydrogens (primary N) is 1. The minimum absolute atomic E-state index is 0.113. The number of nitrogens with zero attached hydrogens (tertiary/aromatic N) is 1. The summed E-state index contributed by atoms with van der Waals surface area (Å²) >= 11 is 0. The molecule has 17 heavy (non-hydrogen) atoms. The van der Waals surface area contributed by atoms with Gasteiger partial charge in [0, 0.05) is 11.6 Å². The van der Waals surface area contributed by atoms with Crippen molar-refractivity contribution < 1.29 is 18.0 Å². The van der Waals surface area contributed by atoms with Crippen molar-refractivity contribution in [3.8, 4) is 17.1 Å². The highest BCUT2D eigenvalue weighted by Gasteiger charge is 2.15. The predicted octanol–water partition coefficient (Wildman–Crippen LogP) is 2.87. The number of hydrogen-bond acceptors (Lipinski definition) is 4. The molecule has 2 N–H and O–H groups in total. The lowest BCUT2D eigenvalue weighted by molar-refractivity contribution is 0.151. The number of alkyl halides is 2. The Labute approximate surface area is 96.0 Å². The average molecular weight is 240 g/mol. The van der Waals surface area contributed by atoms with Gasteiger partial charge in [-0.3, -0.25) is 0 Å². The lowest BCUT2D eigenvalue weighted by Gasteiger charge is -2.07. The molecule has 0 atom stereocenters. The van der Waals surface area contributed by atoms with Crippen molar-refractivity contribution in [2.24, 2.45) is 0 Å². The van der Waals surface area contributed by atoms with Crippen LogP contribution in [0.5, 0.6) is 5.75 Å². The zero-order valence-electron chi connectivity index (χ0n) is 8.98. The number of nitrogen functional groups attached to an aromatic ring is 1. The largest absolute Gasteiger partial charge is 0.496 e. The zero-order chi connectivity index (χ0) is 12.4. The maximum atomic E-state index is 12.5. The maximum Gasteiger partial charge on any atom is 0.263 e. The second kappa shape index (κ2) is 4.40. The van der Waals surface area contributed by atoms with Crippen LogP contribution in [0.4, 0.5) is 14.6 Å². The molecular formula is C11H10F2N2O2. The summed E-state index contributed by atoms with van der Waals surface area (Å²) in [6, 6.07) is 5.56. The van der Waals surface area contributed by atoms with E-state index in [2.05, 4.69) is 5.16 Å². The molecule has 1 aromatic heterocycles. The standard InChI is InChI=1S/C11H10F2N2O2/c1-16-8-4-6(11(12)13)2-3-7(8)9-5-10(14)15-17-9/h2-5,11H,1H3,(H2,14,15). The summed E-state index contributed by atoms with van der Waals surface area (Å²) in [6.07, 6.45) is -2.54. The average Bonchev–Trinajstić information content (AvgIpc) is 2.74. The molecule has 90 valence electrons. The van der Waals surface area contributed by atoms with E-state index in [0.717, 1.165) is 0 Å². The molecule has 0 saturated carbocycles. The van der Waals surface area contributed by atoms with Gasteiger partial charge in [-0.05, 0) is 12.1 Å². The zero-order valence-corrected chi connectivity index (χ0v) is 8.98. The van der Waals surface area contributed by atoms with Crippen LogP contribution in [0.3, 0.4) is 0 Å². The number of ether oxygens (including phenoxy) is 1. The van der Waals surface area contributed by atoms with Gasteiger partial charge >= 0.3 is 0 Å². The molecule has 6 heteroatoms. The SMILES string of the molecule is COc1cc(C(F)F)ccc1-c1cc(N)no1. The Kier molecular flexibility index (Phi) is 2.95. The fourth-order valence-electron chi connectivity index (χ4n) is 1.46. The van der Waals surface area contributed by atoms with Crippen LogP contribution in [0.1, 0.15) is 12.0 Å². The van der Waals surface area contributed by atoms with Crippen LogP contribution in [0.15, 0.2) is 28.8 Å². The van der Waals surface area contributed by atoms with Crippen molar-refractivity contribution in [3.63, 3.8) is 0 Å². The molecular weight excluding hydrogens is 230 g/mol. The van der Waals surface area contributed by atoms with E-state index in [1.165, 1.54) is 31.4 Å². The monoisotopic (exact) mass is 240 g/mol. The summed E-state index contributed by atoms with van der Waals surface area (Å²) in [5.74, 6) is 0.888. The highest BCUT2D eigenvalue weighted by Crippen LogP contribution is 2.34. The lowest BCUT2D eigenvalue weighted by atomic mass is 10.1. The first-order valence-corrected chi connectivity index (χ1v) is 4.80. The molecule has 0 fully saturated rings. The van der Waals surface area contributed by atoms with Crippen LogP contribution in [-0.2, 0) is 0 Å². The molecule has 0 aliphatic carbocycles. The highest BCUT2D eigenvalue weighted by atomic mass is 19.3. The second-order valence-corrected chi connectivity index (χ2v) is 3.38. The van der Waals surface area contributed by atoms with Gasteiger partial charge in [-0.1, -0.05) is 11.2 Å². The van der Waals surface area contributed by atoms with E-state index in [0.29, 0.717) is 17.1 Å². The topological polar surface area (TPSA) is 61.3 Å². The van der Waals surface area contributed by atoms with Gasteiger partial charge in [-0.25, -0.2) is 8.78 Å². The van der Waals surface area contributed by atoms with Gasteiger partial charge in [0.05, 0.1) is 12.7 Å². The van der Waals surface area contributed by atoms with E-state index in [1.807, 2.05) is 0 Å². The van der Waals surface area contributed by atoms with E-state index in [4.69, 9.17) is 15.0 Å². The van der Waals surface area contributed by atoms with Crippen molar-refractivity contribution in [2.75, 3.05) is 12.8 Å². The normalized spacial score (nSPS) is 10.8. The van der Waals surface area contributed by atoms with Crippen molar-refractivity contribution in [3.05, 3.63) is 29.8 Å². The molecule has 1 aromatic carbocycles. The smallest absolute Gasteiger partial charge is 0.263 e. The fourth-order valence-corrected chi connectivity index (χ4v) is 1.46. The fraction of sp³-hybridized carbons (Fsp3) is 0.182. The maximum absolute atomic E-state index is 12.5. The van der Waals surface area contributed by atoms with Gasteiger partial charge in [0.1, 0.15) is 5.75 Å². The molecule has 2 rings (SSSR count). The molecule has 0 unspecified atom stereocenters. The summed E-state index contributed by atoms with van der Waals surface area (Å²) in [5, 5.41) is 3.53. The van der Waals surface area contributed by atoms with Crippen LogP contribution < -0.4 is 10.5 Å². The third-order valence-corrected chi connectivity index (χ3v) is 2.27. The van der Waals surface area contributed by atoms with Crippen molar-refractivity contribution >= 4 is 5.82 Å². The number of anilines is 1. The van der Waals surface area contributed by atoms with Gasteiger partial charge in [-0.2, -0.15) is 0 Å². The number of aromatic nitrogens is 1. The Balaban J connectivity index is 2.48.